The Morgan fingerprint density at radius 2 is 1.96 bits per heavy atom. The van der Waals surface area contributed by atoms with Crippen LogP contribution in [0.3, 0.4) is 0 Å². The minimum atomic E-state index is -1.51. The third kappa shape index (κ3) is 3.82. The predicted molar refractivity (Wildman–Crippen MR) is 113 cm³/mol. The first-order valence-corrected chi connectivity index (χ1v) is 12.2. The van der Waals surface area contributed by atoms with Crippen LogP contribution >= 0.6 is 0 Å². The molecule has 5 heteroatoms. The van der Waals surface area contributed by atoms with Crippen LogP contribution in [-0.4, -0.2) is 34.4 Å². The lowest BCUT2D eigenvalue weighted by atomic mass is 9.70. The lowest BCUT2D eigenvalue weighted by Crippen LogP contribution is -2.37. The molecule has 6 unspecified atom stereocenters. The largest absolute Gasteiger partial charge is 0.400 e. The van der Waals surface area contributed by atoms with Gasteiger partial charge in [0.1, 0.15) is 0 Å². The number of rotatable bonds is 7. The van der Waals surface area contributed by atoms with Gasteiger partial charge in [-0.25, -0.2) is 0 Å². The monoisotopic (exact) mass is 384 g/mol. The normalized spacial score (nSPS) is 32.6. The second-order valence-corrected chi connectivity index (χ2v) is 11.0. The maximum Gasteiger partial charge on any atom is 0.321 e. The number of hydrogen-bond acceptors (Lipinski definition) is 4. The Hall–Kier alpha value is -1.30. The second-order valence-electron chi connectivity index (χ2n) is 8.80. The molecule has 4 rings (SSSR count). The van der Waals surface area contributed by atoms with E-state index < -0.39 is 9.28 Å². The van der Waals surface area contributed by atoms with Crippen molar-refractivity contribution in [3.63, 3.8) is 0 Å². The van der Waals surface area contributed by atoms with Gasteiger partial charge in [-0.15, -0.1) is 0 Å². The first kappa shape index (κ1) is 19.0. The van der Waals surface area contributed by atoms with Crippen molar-refractivity contribution in [3.05, 3.63) is 35.4 Å². The van der Waals surface area contributed by atoms with Crippen LogP contribution in [0, 0.1) is 36.5 Å². The summed E-state index contributed by atoms with van der Waals surface area (Å²) in [7, 11) is 0.301. The van der Waals surface area contributed by atoms with Crippen molar-refractivity contribution in [1.82, 2.24) is 0 Å². The SMILES string of the molecule is CO[SiH](CCC1CC2CC1C1C=NN=C(c3ccc(C)cc3)C21)OC(C)C. The summed E-state index contributed by atoms with van der Waals surface area (Å²) in [5.74, 6) is 3.43. The molecule has 1 heterocycles. The molecular formula is C22H32N2O2Si. The molecule has 2 saturated carbocycles. The molecule has 27 heavy (non-hydrogen) atoms. The fourth-order valence-electron chi connectivity index (χ4n) is 5.60. The van der Waals surface area contributed by atoms with E-state index in [0.717, 1.165) is 23.8 Å². The molecule has 0 amide bonds. The summed E-state index contributed by atoms with van der Waals surface area (Å²) in [5, 5.41) is 9.02. The first-order valence-electron chi connectivity index (χ1n) is 10.4. The van der Waals surface area contributed by atoms with Gasteiger partial charge in [-0.3, -0.25) is 0 Å². The van der Waals surface area contributed by atoms with Crippen LogP contribution in [0.1, 0.15) is 44.2 Å². The summed E-state index contributed by atoms with van der Waals surface area (Å²) in [5.41, 5.74) is 3.78. The minimum Gasteiger partial charge on any atom is -0.400 e. The average molecular weight is 385 g/mol. The van der Waals surface area contributed by atoms with E-state index >= 15 is 0 Å². The second kappa shape index (κ2) is 7.98. The van der Waals surface area contributed by atoms with Crippen LogP contribution in [-0.2, 0) is 8.85 Å². The van der Waals surface area contributed by atoms with Gasteiger partial charge in [-0.05, 0) is 69.4 Å². The van der Waals surface area contributed by atoms with Gasteiger partial charge in [-0.1, -0.05) is 29.8 Å². The number of fused-ring (bicyclic) bond motifs is 5. The molecule has 3 aliphatic rings. The van der Waals surface area contributed by atoms with Crippen LogP contribution in [0.25, 0.3) is 0 Å². The molecule has 1 aliphatic heterocycles. The Balaban J connectivity index is 1.43. The molecular weight excluding hydrogens is 352 g/mol. The summed E-state index contributed by atoms with van der Waals surface area (Å²) in [6.45, 7) is 6.34. The van der Waals surface area contributed by atoms with E-state index in [1.165, 1.54) is 36.1 Å². The van der Waals surface area contributed by atoms with Crippen molar-refractivity contribution < 1.29 is 8.85 Å². The standard InChI is InChI=1S/C22H32N2O2Si/c1-14(2)26-27(25-4)10-9-17-11-18-12-19(17)20-13-23-24-22(21(18)20)16-7-5-15(3)6-8-16/h5-8,13-14,17-21,27H,9-12H2,1-4H3. The van der Waals surface area contributed by atoms with Crippen LogP contribution in [0.4, 0.5) is 0 Å². The molecule has 0 spiro atoms. The van der Waals surface area contributed by atoms with E-state index in [2.05, 4.69) is 61.5 Å². The van der Waals surface area contributed by atoms with E-state index in [9.17, 15) is 0 Å². The van der Waals surface area contributed by atoms with Crippen molar-refractivity contribution in [1.29, 1.82) is 0 Å². The van der Waals surface area contributed by atoms with Crippen molar-refractivity contribution in [2.75, 3.05) is 7.11 Å². The highest BCUT2D eigenvalue weighted by Crippen LogP contribution is 2.57. The molecule has 146 valence electrons. The molecule has 2 bridgehead atoms. The van der Waals surface area contributed by atoms with E-state index in [4.69, 9.17) is 8.85 Å². The lowest BCUT2D eigenvalue weighted by molar-refractivity contribution is 0.173. The van der Waals surface area contributed by atoms with Crippen LogP contribution in [0.2, 0.25) is 6.04 Å². The van der Waals surface area contributed by atoms with Crippen molar-refractivity contribution in [2.45, 2.75) is 52.2 Å². The van der Waals surface area contributed by atoms with Gasteiger partial charge < -0.3 is 8.85 Å². The molecule has 0 N–H and O–H groups in total. The molecule has 4 nitrogen and oxygen atoms in total. The van der Waals surface area contributed by atoms with Crippen molar-refractivity contribution in [3.8, 4) is 0 Å². The summed E-state index contributed by atoms with van der Waals surface area (Å²) in [4.78, 5) is 0. The molecule has 2 aliphatic carbocycles. The van der Waals surface area contributed by atoms with Crippen molar-refractivity contribution in [2.24, 2.45) is 39.8 Å². The highest BCUT2D eigenvalue weighted by Gasteiger charge is 2.54. The summed E-state index contributed by atoms with van der Waals surface area (Å²) in [6, 6.07) is 9.92. The number of benzene rings is 1. The molecule has 1 aromatic rings. The maximum absolute atomic E-state index is 6.00. The van der Waals surface area contributed by atoms with E-state index in [-0.39, 0.29) is 6.10 Å². The Labute approximate surface area is 164 Å². The van der Waals surface area contributed by atoms with Gasteiger partial charge in [0.05, 0.1) is 5.71 Å². The molecule has 2 fully saturated rings. The Morgan fingerprint density at radius 1 is 1.19 bits per heavy atom. The minimum absolute atomic E-state index is 0.268. The highest BCUT2D eigenvalue weighted by molar-refractivity contribution is 6.44. The third-order valence-electron chi connectivity index (χ3n) is 6.73. The molecule has 1 aromatic carbocycles. The van der Waals surface area contributed by atoms with Gasteiger partial charge in [0, 0.05) is 31.3 Å². The number of aryl methyl sites for hydroxylation is 1. The number of hydrogen-bond donors (Lipinski definition) is 0. The smallest absolute Gasteiger partial charge is 0.321 e. The highest BCUT2D eigenvalue weighted by atomic mass is 28.3. The van der Waals surface area contributed by atoms with Gasteiger partial charge in [0.2, 0.25) is 0 Å². The van der Waals surface area contributed by atoms with E-state index in [0.29, 0.717) is 11.8 Å². The molecule has 0 radical (unpaired) electrons. The Kier molecular flexibility index (Phi) is 5.62. The zero-order valence-corrected chi connectivity index (χ0v) is 18.1. The fourth-order valence-corrected chi connectivity index (χ4v) is 7.39. The van der Waals surface area contributed by atoms with Gasteiger partial charge in [0.25, 0.3) is 0 Å². The lowest BCUT2D eigenvalue weighted by Gasteiger charge is -2.36. The van der Waals surface area contributed by atoms with Crippen LogP contribution in [0.15, 0.2) is 34.5 Å². The first-order chi connectivity index (χ1) is 13.1. The topological polar surface area (TPSA) is 43.2 Å². The predicted octanol–water partition coefficient (Wildman–Crippen LogP) is 4.35. The Morgan fingerprint density at radius 3 is 2.67 bits per heavy atom. The zero-order chi connectivity index (χ0) is 19.0. The molecule has 0 aromatic heterocycles. The fraction of sp³-hybridized carbons (Fsp3) is 0.636. The average Bonchev–Trinajstić information content (AvgIpc) is 3.24. The zero-order valence-electron chi connectivity index (χ0n) is 17.0. The third-order valence-corrected chi connectivity index (χ3v) is 8.91. The summed E-state index contributed by atoms with van der Waals surface area (Å²) >= 11 is 0. The summed E-state index contributed by atoms with van der Waals surface area (Å²) in [6.07, 6.45) is 6.32. The van der Waals surface area contributed by atoms with E-state index in [1.807, 2.05) is 7.11 Å². The maximum atomic E-state index is 6.00. The van der Waals surface area contributed by atoms with Gasteiger partial charge in [0.15, 0.2) is 0 Å². The Bertz CT molecular complexity index is 716. The van der Waals surface area contributed by atoms with Gasteiger partial charge >= 0.3 is 9.28 Å². The quantitative estimate of drug-likeness (QED) is 0.656. The number of nitrogens with zero attached hydrogens (tertiary/aromatic N) is 2. The van der Waals surface area contributed by atoms with Crippen LogP contribution in [0.5, 0.6) is 0 Å². The van der Waals surface area contributed by atoms with Crippen molar-refractivity contribution >= 4 is 21.2 Å². The van der Waals surface area contributed by atoms with E-state index in [1.54, 1.807) is 0 Å². The molecule has 0 saturated heterocycles. The van der Waals surface area contributed by atoms with Gasteiger partial charge in [-0.2, -0.15) is 10.2 Å². The molecule has 6 atom stereocenters. The summed E-state index contributed by atoms with van der Waals surface area (Å²) < 4.78 is 11.7. The van der Waals surface area contributed by atoms with Crippen LogP contribution < -0.4 is 0 Å².